The standard InChI is InChI=1S/C48H30N4/c1-4-13-31(14-5-1)41-27-24-34-23-26-38-40-30-36(25-28-43(40)50-46(44(38)47(34)49-41)33-17-8-3-9-18-33)35-19-12-20-37(29-35)48-51-42-22-11-10-21-39(42)45(52-48)32-15-6-2-7-16-32/h1-30H. The van der Waals surface area contributed by atoms with Crippen molar-refractivity contribution < 1.29 is 0 Å². The average molecular weight is 663 g/mol. The van der Waals surface area contributed by atoms with Gasteiger partial charge in [-0.3, -0.25) is 0 Å². The van der Waals surface area contributed by atoms with Crippen LogP contribution in [0.25, 0.3) is 99.8 Å². The molecule has 0 unspecified atom stereocenters. The van der Waals surface area contributed by atoms with E-state index >= 15 is 0 Å². The van der Waals surface area contributed by atoms with E-state index in [1.807, 2.05) is 30.3 Å². The lowest BCUT2D eigenvalue weighted by Crippen LogP contribution is -1.95. The summed E-state index contributed by atoms with van der Waals surface area (Å²) in [5.74, 6) is 0.701. The zero-order valence-corrected chi connectivity index (χ0v) is 28.1. The van der Waals surface area contributed by atoms with Crippen molar-refractivity contribution >= 4 is 43.5 Å². The minimum absolute atomic E-state index is 0.701. The summed E-state index contributed by atoms with van der Waals surface area (Å²) in [6, 6.07) is 63.2. The number of pyridine rings is 2. The van der Waals surface area contributed by atoms with E-state index in [1.54, 1.807) is 0 Å². The van der Waals surface area contributed by atoms with Gasteiger partial charge >= 0.3 is 0 Å². The lowest BCUT2D eigenvalue weighted by atomic mass is 9.94. The first-order chi connectivity index (χ1) is 25.8. The highest BCUT2D eigenvalue weighted by atomic mass is 14.9. The average Bonchev–Trinajstić information content (AvgIpc) is 3.23. The third-order valence-corrected chi connectivity index (χ3v) is 9.84. The molecule has 0 fully saturated rings. The fraction of sp³-hybridized carbons (Fsp3) is 0. The number of hydrogen-bond donors (Lipinski definition) is 0. The maximum atomic E-state index is 5.33. The number of fused-ring (bicyclic) bond motifs is 6. The Balaban J connectivity index is 1.16. The molecule has 0 N–H and O–H groups in total. The van der Waals surface area contributed by atoms with Crippen LogP contribution in [0.1, 0.15) is 0 Å². The van der Waals surface area contributed by atoms with E-state index in [4.69, 9.17) is 19.9 Å². The van der Waals surface area contributed by atoms with Gasteiger partial charge in [0.25, 0.3) is 0 Å². The monoisotopic (exact) mass is 662 g/mol. The lowest BCUT2D eigenvalue weighted by molar-refractivity contribution is 1.23. The van der Waals surface area contributed by atoms with Crippen LogP contribution in [0.3, 0.4) is 0 Å². The highest BCUT2D eigenvalue weighted by Crippen LogP contribution is 2.39. The summed E-state index contributed by atoms with van der Waals surface area (Å²) in [6.45, 7) is 0. The van der Waals surface area contributed by atoms with Crippen LogP contribution in [0, 0.1) is 0 Å². The summed E-state index contributed by atoms with van der Waals surface area (Å²) in [7, 11) is 0. The van der Waals surface area contributed by atoms with Crippen LogP contribution in [0.15, 0.2) is 182 Å². The van der Waals surface area contributed by atoms with Gasteiger partial charge in [0.15, 0.2) is 5.82 Å². The van der Waals surface area contributed by atoms with Crippen molar-refractivity contribution in [3.05, 3.63) is 182 Å². The second-order valence-electron chi connectivity index (χ2n) is 13.0. The van der Waals surface area contributed by atoms with E-state index in [0.717, 1.165) is 93.9 Å². The number of aromatic nitrogens is 4. The van der Waals surface area contributed by atoms with Gasteiger partial charge in [0.05, 0.1) is 33.6 Å². The van der Waals surface area contributed by atoms with Gasteiger partial charge in [0.2, 0.25) is 0 Å². The van der Waals surface area contributed by atoms with Crippen LogP contribution in [0.4, 0.5) is 0 Å². The van der Waals surface area contributed by atoms with Gasteiger partial charge in [-0.15, -0.1) is 0 Å². The molecule has 3 heterocycles. The largest absolute Gasteiger partial charge is 0.247 e. The van der Waals surface area contributed by atoms with Gasteiger partial charge < -0.3 is 0 Å². The Morgan fingerprint density at radius 1 is 0.308 bits per heavy atom. The molecule has 4 nitrogen and oxygen atoms in total. The van der Waals surface area contributed by atoms with E-state index in [9.17, 15) is 0 Å². The van der Waals surface area contributed by atoms with Crippen molar-refractivity contribution in [3.63, 3.8) is 0 Å². The summed E-state index contributed by atoms with van der Waals surface area (Å²) < 4.78 is 0. The number of nitrogens with zero attached hydrogens (tertiary/aromatic N) is 4. The van der Waals surface area contributed by atoms with Gasteiger partial charge in [-0.2, -0.15) is 0 Å². The van der Waals surface area contributed by atoms with Crippen LogP contribution in [0.5, 0.6) is 0 Å². The molecule has 7 aromatic carbocycles. The summed E-state index contributed by atoms with van der Waals surface area (Å²) in [5.41, 5.74) is 12.0. The quantitative estimate of drug-likeness (QED) is 0.172. The Bertz CT molecular complexity index is 2940. The zero-order chi connectivity index (χ0) is 34.4. The third-order valence-electron chi connectivity index (χ3n) is 9.84. The molecule has 10 aromatic rings. The Morgan fingerprint density at radius 2 is 0.923 bits per heavy atom. The van der Waals surface area contributed by atoms with Crippen molar-refractivity contribution in [2.24, 2.45) is 0 Å². The van der Waals surface area contributed by atoms with E-state index in [0.29, 0.717) is 5.82 Å². The molecule has 0 aliphatic rings. The molecular weight excluding hydrogens is 633 g/mol. The highest BCUT2D eigenvalue weighted by molar-refractivity contribution is 6.20. The molecule has 3 aromatic heterocycles. The predicted molar refractivity (Wildman–Crippen MR) is 215 cm³/mol. The Morgan fingerprint density at radius 3 is 1.71 bits per heavy atom. The van der Waals surface area contributed by atoms with Crippen LogP contribution < -0.4 is 0 Å². The molecule has 0 aliphatic heterocycles. The number of para-hydroxylation sites is 1. The van der Waals surface area contributed by atoms with Crippen molar-refractivity contribution in [2.75, 3.05) is 0 Å². The number of hydrogen-bond acceptors (Lipinski definition) is 4. The normalized spacial score (nSPS) is 11.5. The molecule has 0 saturated carbocycles. The van der Waals surface area contributed by atoms with E-state index in [-0.39, 0.29) is 0 Å². The Labute approximate surface area is 300 Å². The Kier molecular flexibility index (Phi) is 7.10. The molecule has 10 rings (SSSR count). The third kappa shape index (κ3) is 5.17. The van der Waals surface area contributed by atoms with E-state index in [2.05, 4.69) is 152 Å². The van der Waals surface area contributed by atoms with Crippen LogP contribution in [0.2, 0.25) is 0 Å². The molecule has 0 spiro atoms. The van der Waals surface area contributed by atoms with Crippen LogP contribution >= 0.6 is 0 Å². The fourth-order valence-electron chi connectivity index (χ4n) is 7.29. The minimum Gasteiger partial charge on any atom is -0.247 e. The van der Waals surface area contributed by atoms with Crippen molar-refractivity contribution in [2.45, 2.75) is 0 Å². The predicted octanol–water partition coefficient (Wildman–Crippen LogP) is 12.2. The molecule has 0 atom stereocenters. The summed E-state index contributed by atoms with van der Waals surface area (Å²) >= 11 is 0. The fourth-order valence-corrected chi connectivity index (χ4v) is 7.29. The van der Waals surface area contributed by atoms with Gasteiger partial charge in [0.1, 0.15) is 0 Å². The van der Waals surface area contributed by atoms with E-state index < -0.39 is 0 Å². The van der Waals surface area contributed by atoms with Gasteiger partial charge in [-0.1, -0.05) is 152 Å². The maximum Gasteiger partial charge on any atom is 0.160 e. The SMILES string of the molecule is c1ccc(-c2ccc3ccc4c5cc(-c6cccc(-c7nc(-c8ccccc8)c8ccccc8n7)c6)ccc5nc(-c5ccccc5)c4c3n2)cc1. The Hall–Kier alpha value is -7.04. The molecule has 4 heteroatoms. The second kappa shape index (κ2) is 12.4. The molecule has 242 valence electrons. The van der Waals surface area contributed by atoms with Crippen molar-refractivity contribution in [1.82, 2.24) is 19.9 Å². The minimum atomic E-state index is 0.701. The van der Waals surface area contributed by atoms with E-state index in [1.165, 1.54) is 0 Å². The summed E-state index contributed by atoms with van der Waals surface area (Å²) in [6.07, 6.45) is 0. The molecule has 0 bridgehead atoms. The molecule has 0 amide bonds. The molecule has 52 heavy (non-hydrogen) atoms. The summed E-state index contributed by atoms with van der Waals surface area (Å²) in [5, 5.41) is 5.38. The zero-order valence-electron chi connectivity index (χ0n) is 28.1. The van der Waals surface area contributed by atoms with Crippen molar-refractivity contribution in [3.8, 4) is 56.3 Å². The number of benzene rings is 7. The first-order valence-electron chi connectivity index (χ1n) is 17.5. The molecule has 0 aliphatic carbocycles. The first-order valence-corrected chi connectivity index (χ1v) is 17.5. The highest BCUT2D eigenvalue weighted by Gasteiger charge is 2.17. The number of rotatable bonds is 5. The second-order valence-corrected chi connectivity index (χ2v) is 13.0. The van der Waals surface area contributed by atoms with Gasteiger partial charge in [0, 0.05) is 43.8 Å². The van der Waals surface area contributed by atoms with Crippen LogP contribution in [-0.4, -0.2) is 19.9 Å². The lowest BCUT2D eigenvalue weighted by Gasteiger charge is -2.14. The van der Waals surface area contributed by atoms with Gasteiger partial charge in [-0.05, 0) is 46.8 Å². The molecule has 0 saturated heterocycles. The summed E-state index contributed by atoms with van der Waals surface area (Å²) in [4.78, 5) is 20.8. The molecular formula is C48H30N4. The van der Waals surface area contributed by atoms with Gasteiger partial charge in [-0.25, -0.2) is 19.9 Å². The topological polar surface area (TPSA) is 51.6 Å². The van der Waals surface area contributed by atoms with Crippen LogP contribution in [-0.2, 0) is 0 Å². The first kappa shape index (κ1) is 29.8. The maximum absolute atomic E-state index is 5.33. The smallest absolute Gasteiger partial charge is 0.160 e. The van der Waals surface area contributed by atoms with Crippen molar-refractivity contribution in [1.29, 1.82) is 0 Å². The molecule has 0 radical (unpaired) electrons.